The van der Waals surface area contributed by atoms with Crippen molar-refractivity contribution in [1.82, 2.24) is 29.4 Å². The predicted molar refractivity (Wildman–Crippen MR) is 190 cm³/mol. The maximum absolute atomic E-state index is 10.6. The summed E-state index contributed by atoms with van der Waals surface area (Å²) in [6.45, 7) is -6.75. The molecular formula is C30H48N6O24Tm4. The summed E-state index contributed by atoms with van der Waals surface area (Å²) in [5.74, 6) is -14.7. The largest absolute Gasteiger partial charge is 0.480 e. The van der Waals surface area contributed by atoms with Gasteiger partial charge in [-0.3, -0.25) is 86.9 Å². The summed E-state index contributed by atoms with van der Waals surface area (Å²) in [7, 11) is 0. The van der Waals surface area contributed by atoms with Crippen LogP contribution in [0.4, 0.5) is 0 Å². The molecule has 34 heteroatoms. The molecule has 30 nitrogen and oxygen atoms in total. The van der Waals surface area contributed by atoms with Gasteiger partial charge in [0.1, 0.15) is 0 Å². The summed E-state index contributed by atoms with van der Waals surface area (Å²) < 4.78 is 0. The topological polar surface area (TPSA) is 467 Å². The molecule has 0 saturated heterocycles. The molecule has 0 unspecified atom stereocenters. The van der Waals surface area contributed by atoms with Crippen molar-refractivity contribution >= 4 is 71.6 Å². The van der Waals surface area contributed by atoms with E-state index in [0.717, 1.165) is 29.4 Å². The Morgan fingerprint density at radius 2 is 0.250 bits per heavy atom. The molecule has 0 aromatic carbocycles. The molecule has 0 fully saturated rings. The van der Waals surface area contributed by atoms with Gasteiger partial charge in [0, 0.05) is 187 Å². The summed E-state index contributed by atoms with van der Waals surface area (Å²) in [6, 6.07) is 0. The van der Waals surface area contributed by atoms with Crippen LogP contribution in [-0.2, 0) is 57.5 Å². The number of hydrogen-bond acceptors (Lipinski definition) is 18. The van der Waals surface area contributed by atoms with Gasteiger partial charge in [0.25, 0.3) is 0 Å². The maximum atomic E-state index is 10.6. The molecule has 0 aromatic rings. The standard InChI is InChI=1S/3C10H16N2O8.4Tm/c3*13-7(14)3-11(4-8(15)16)1-2-12(5-9(17)18)6-10(19)20;;;;/h3*1-6H2,(H,13,14)(H,15,16)(H,17,18)(H,19,20);;;;. The molecule has 0 spiro atoms. The zero-order chi connectivity index (χ0) is 47.1. The molecule has 0 atom stereocenters. The first-order valence-electron chi connectivity index (χ1n) is 16.6. The van der Waals surface area contributed by atoms with Crippen molar-refractivity contribution in [2.75, 3.05) is 118 Å². The molecule has 394 valence electrons. The van der Waals surface area contributed by atoms with E-state index < -0.39 is 150 Å². The minimum Gasteiger partial charge on any atom is -0.480 e. The Balaban J connectivity index is -0.000000148. The van der Waals surface area contributed by atoms with Gasteiger partial charge < -0.3 is 61.3 Å². The zero-order valence-corrected chi connectivity index (χ0v) is 39.9. The van der Waals surface area contributed by atoms with Crippen LogP contribution in [0.25, 0.3) is 0 Å². The van der Waals surface area contributed by atoms with E-state index >= 15 is 0 Å². The third-order valence-electron chi connectivity index (χ3n) is 6.50. The Bertz CT molecular complexity index is 1140. The van der Waals surface area contributed by atoms with E-state index in [1.54, 1.807) is 0 Å². The molecule has 0 heterocycles. The fraction of sp³-hybridized carbons (Fsp3) is 0.600. The molecule has 12 N–H and O–H groups in total. The molecule has 0 bridgehead atoms. The van der Waals surface area contributed by atoms with Gasteiger partial charge in [0.05, 0.1) is 78.5 Å². The van der Waals surface area contributed by atoms with Crippen molar-refractivity contribution in [3.8, 4) is 0 Å². The van der Waals surface area contributed by atoms with Gasteiger partial charge in [-0.25, -0.2) is 0 Å². The van der Waals surface area contributed by atoms with Crippen molar-refractivity contribution in [1.29, 1.82) is 0 Å². The van der Waals surface area contributed by atoms with Crippen molar-refractivity contribution in [3.63, 3.8) is 0 Å². The van der Waals surface area contributed by atoms with Crippen LogP contribution >= 0.6 is 0 Å². The SMILES string of the molecule is O=C(O)CN(CCN(CC(=O)O)CC(=O)O)CC(=O)O.O=C(O)CN(CCN(CC(=O)O)CC(=O)O)CC(=O)O.O=C(O)CN(CCN(CC(=O)O)CC(=O)O)CC(=O)O.[Tm].[Tm].[Tm].[Tm]. The smallest absolute Gasteiger partial charge is 0.317 e. The van der Waals surface area contributed by atoms with Crippen molar-refractivity contribution in [2.24, 2.45) is 0 Å². The van der Waals surface area contributed by atoms with Crippen molar-refractivity contribution in [3.05, 3.63) is 0 Å². The van der Waals surface area contributed by atoms with Crippen LogP contribution in [0.1, 0.15) is 0 Å². The minimum absolute atomic E-state index is 0. The number of aliphatic carboxylic acids is 12. The second kappa shape index (κ2) is 45.1. The van der Waals surface area contributed by atoms with Crippen LogP contribution in [0.5, 0.6) is 0 Å². The first-order chi connectivity index (χ1) is 27.6. The molecule has 4 radical (unpaired) electrons. The quantitative estimate of drug-likeness (QED) is 0.0291. The van der Waals surface area contributed by atoms with E-state index in [0.29, 0.717) is 0 Å². The van der Waals surface area contributed by atoms with E-state index in [2.05, 4.69) is 0 Å². The fourth-order valence-corrected chi connectivity index (χ4v) is 4.43. The molecular weight excluding hydrogens is 1500 g/mol. The Hall–Kier alpha value is -1.66. The van der Waals surface area contributed by atoms with Gasteiger partial charge in [0.15, 0.2) is 0 Å². The van der Waals surface area contributed by atoms with Gasteiger partial charge in [-0.1, -0.05) is 0 Å². The monoisotopic (exact) mass is 1550 g/mol. The molecule has 0 rings (SSSR count). The van der Waals surface area contributed by atoms with E-state index in [1.807, 2.05) is 0 Å². The number of carbonyl (C=O) groups is 12. The second-order valence-electron chi connectivity index (χ2n) is 12.0. The summed E-state index contributed by atoms with van der Waals surface area (Å²) in [6.07, 6.45) is 0. The summed E-state index contributed by atoms with van der Waals surface area (Å²) in [5.41, 5.74) is 0. The van der Waals surface area contributed by atoms with Crippen molar-refractivity contribution < 1.29 is 266 Å². The minimum atomic E-state index is -1.23. The Morgan fingerprint density at radius 3 is 0.297 bits per heavy atom. The van der Waals surface area contributed by atoms with E-state index in [1.165, 1.54) is 0 Å². The maximum Gasteiger partial charge on any atom is 0.317 e. The molecule has 0 aromatic heterocycles. The van der Waals surface area contributed by atoms with Crippen LogP contribution in [-0.4, -0.2) is 280 Å². The van der Waals surface area contributed by atoms with E-state index in [9.17, 15) is 57.5 Å². The first-order valence-corrected chi connectivity index (χ1v) is 16.6. The number of carboxylic acid groups (broad SMARTS) is 12. The number of rotatable bonds is 33. The van der Waals surface area contributed by atoms with Gasteiger partial charge in [-0.15, -0.1) is 0 Å². The van der Waals surface area contributed by atoms with E-state index in [4.69, 9.17) is 61.3 Å². The third-order valence-corrected chi connectivity index (χ3v) is 6.50. The fourth-order valence-electron chi connectivity index (χ4n) is 4.43. The van der Waals surface area contributed by atoms with Crippen LogP contribution in [0.3, 0.4) is 0 Å². The van der Waals surface area contributed by atoms with Crippen LogP contribution in [0, 0.1) is 147 Å². The second-order valence-corrected chi connectivity index (χ2v) is 12.0. The Morgan fingerprint density at radius 1 is 0.188 bits per heavy atom. The third kappa shape index (κ3) is 56.5. The molecule has 0 aliphatic carbocycles. The Labute approximate surface area is 479 Å². The number of hydrogen-bond donors (Lipinski definition) is 12. The molecule has 0 saturated carbocycles. The predicted octanol–water partition coefficient (Wildman–Crippen LogP) is -6.21. The number of carboxylic acids is 12. The summed E-state index contributed by atoms with van der Waals surface area (Å²) in [5, 5.41) is 103. The molecule has 64 heavy (non-hydrogen) atoms. The summed E-state index contributed by atoms with van der Waals surface area (Å²) >= 11 is 0. The molecule has 0 aliphatic rings. The van der Waals surface area contributed by atoms with Crippen molar-refractivity contribution in [2.45, 2.75) is 0 Å². The first kappa shape index (κ1) is 76.6. The zero-order valence-electron chi connectivity index (χ0n) is 32.8. The van der Waals surface area contributed by atoms with Crippen LogP contribution in [0.2, 0.25) is 0 Å². The summed E-state index contributed by atoms with van der Waals surface area (Å²) in [4.78, 5) is 133. The Kier molecular flexibility index (Phi) is 54.0. The normalized spacial score (nSPS) is 10.0. The average molecular weight is 1550 g/mol. The molecule has 0 amide bonds. The number of nitrogens with zero attached hydrogens (tertiary/aromatic N) is 6. The van der Waals surface area contributed by atoms with Crippen LogP contribution in [0.15, 0.2) is 0 Å². The van der Waals surface area contributed by atoms with Gasteiger partial charge >= 0.3 is 71.6 Å². The van der Waals surface area contributed by atoms with Gasteiger partial charge in [0.2, 0.25) is 0 Å². The van der Waals surface area contributed by atoms with Gasteiger partial charge in [-0.05, 0) is 0 Å². The molecule has 0 aliphatic heterocycles. The van der Waals surface area contributed by atoms with Crippen LogP contribution < -0.4 is 0 Å². The van der Waals surface area contributed by atoms with Gasteiger partial charge in [-0.2, -0.15) is 0 Å². The van der Waals surface area contributed by atoms with E-state index in [-0.39, 0.29) is 187 Å². The average Bonchev–Trinajstić information content (AvgIpc) is 3.02.